The van der Waals surface area contributed by atoms with Crippen LogP contribution >= 0.6 is 11.6 Å². The minimum Gasteiger partial charge on any atom is -0.497 e. The molecule has 0 aliphatic carbocycles. The number of hydrogen-bond acceptors (Lipinski definition) is 6. The van der Waals surface area contributed by atoms with E-state index in [1.807, 2.05) is 12.1 Å². The van der Waals surface area contributed by atoms with Gasteiger partial charge in [-0.25, -0.2) is 13.4 Å². The Bertz CT molecular complexity index is 1140. The number of nitrogens with one attached hydrogen (secondary N) is 1. The van der Waals surface area contributed by atoms with E-state index in [1.54, 1.807) is 37.5 Å². The van der Waals surface area contributed by atoms with Gasteiger partial charge >= 0.3 is 0 Å². The zero-order chi connectivity index (χ0) is 19.2. The van der Waals surface area contributed by atoms with Crippen LogP contribution in [0, 0.1) is 0 Å². The van der Waals surface area contributed by atoms with Gasteiger partial charge in [0.15, 0.2) is 5.76 Å². The van der Waals surface area contributed by atoms with E-state index in [9.17, 15) is 8.42 Å². The molecule has 7 nitrogen and oxygen atoms in total. The van der Waals surface area contributed by atoms with Gasteiger partial charge in [-0.05, 0) is 42.5 Å². The molecule has 0 radical (unpaired) electrons. The summed E-state index contributed by atoms with van der Waals surface area (Å²) in [6.45, 7) is 0. The highest BCUT2D eigenvalue weighted by atomic mass is 35.5. The van der Waals surface area contributed by atoms with E-state index < -0.39 is 16.1 Å². The minimum absolute atomic E-state index is 0.227. The number of rotatable bonds is 4. The average molecular weight is 406 g/mol. The summed E-state index contributed by atoms with van der Waals surface area (Å²) in [5.74, 6) is 1.20. The van der Waals surface area contributed by atoms with E-state index in [4.69, 9.17) is 20.8 Å². The van der Waals surface area contributed by atoms with Gasteiger partial charge in [0.05, 0.1) is 36.9 Å². The highest BCUT2D eigenvalue weighted by Crippen LogP contribution is 2.37. The smallest absolute Gasteiger partial charge is 0.228 e. The summed E-state index contributed by atoms with van der Waals surface area (Å²) in [5.41, 5.74) is 4.66. The summed E-state index contributed by atoms with van der Waals surface area (Å²) in [4.78, 5) is 4.41. The molecule has 1 aliphatic heterocycles. The van der Waals surface area contributed by atoms with Gasteiger partial charge in [-0.3, -0.25) is 0 Å². The van der Waals surface area contributed by atoms with Gasteiger partial charge < -0.3 is 14.6 Å². The number of fused-ring (bicyclic) bond motifs is 1. The van der Waals surface area contributed by atoms with E-state index in [-0.39, 0.29) is 5.15 Å². The number of hydrogen-bond donors (Lipinski definition) is 1. The largest absolute Gasteiger partial charge is 0.497 e. The van der Waals surface area contributed by atoms with Crippen LogP contribution in [0.5, 0.6) is 5.75 Å². The van der Waals surface area contributed by atoms with Crippen molar-refractivity contribution >= 4 is 38.2 Å². The number of pyridine rings is 1. The van der Waals surface area contributed by atoms with E-state index in [1.165, 1.54) is 6.26 Å². The summed E-state index contributed by atoms with van der Waals surface area (Å²) in [7, 11) is -2.01. The molecule has 140 valence electrons. The third kappa shape index (κ3) is 3.27. The molecule has 1 N–H and O–H groups in total. The summed E-state index contributed by atoms with van der Waals surface area (Å²) >= 11 is 6.40. The van der Waals surface area contributed by atoms with Crippen molar-refractivity contribution in [2.45, 2.75) is 6.04 Å². The number of halogens is 1. The molecule has 2 aromatic heterocycles. The van der Waals surface area contributed by atoms with Gasteiger partial charge in [-0.1, -0.05) is 11.6 Å². The fourth-order valence-electron chi connectivity index (χ4n) is 3.01. The maximum absolute atomic E-state index is 12.3. The molecule has 0 fully saturated rings. The van der Waals surface area contributed by atoms with Crippen molar-refractivity contribution in [3.63, 3.8) is 0 Å². The molecule has 0 bridgehead atoms. The number of benzene rings is 1. The van der Waals surface area contributed by atoms with Crippen molar-refractivity contribution in [2.24, 2.45) is 0 Å². The highest BCUT2D eigenvalue weighted by Gasteiger charge is 2.35. The molecule has 1 aliphatic rings. The van der Waals surface area contributed by atoms with Crippen molar-refractivity contribution in [1.82, 2.24) is 14.8 Å². The van der Waals surface area contributed by atoms with E-state index >= 15 is 0 Å². The Morgan fingerprint density at radius 1 is 1.30 bits per heavy atom. The van der Waals surface area contributed by atoms with Crippen LogP contribution < -0.4 is 10.2 Å². The van der Waals surface area contributed by atoms with E-state index in [2.05, 4.69) is 10.4 Å². The molecule has 1 atom stereocenters. The molecular weight excluding hydrogens is 390 g/mol. The van der Waals surface area contributed by atoms with Crippen molar-refractivity contribution in [3.05, 3.63) is 65.2 Å². The summed E-state index contributed by atoms with van der Waals surface area (Å²) in [5, 5.41) is 1.02. The maximum atomic E-state index is 12.3. The summed E-state index contributed by atoms with van der Waals surface area (Å²) in [6, 6.07) is 10.0. The molecule has 0 unspecified atom stereocenters. The molecular formula is C18H16ClN3O4S. The molecule has 0 spiro atoms. The van der Waals surface area contributed by atoms with Crippen LogP contribution in [0.15, 0.2) is 53.2 Å². The Labute approximate surface area is 161 Å². The SMILES string of the molecule is COc1ccc2nc(Cl)c([C@@H]3C=C(c4ccco4)NN3S(C)(=O)=O)cc2c1. The van der Waals surface area contributed by atoms with Crippen molar-refractivity contribution < 1.29 is 17.6 Å². The molecule has 0 saturated carbocycles. The normalized spacial score (nSPS) is 17.7. The number of ether oxygens (including phenoxy) is 1. The van der Waals surface area contributed by atoms with Gasteiger partial charge in [0.2, 0.25) is 10.0 Å². The van der Waals surface area contributed by atoms with Crippen molar-refractivity contribution in [2.75, 3.05) is 13.4 Å². The van der Waals surface area contributed by atoms with Gasteiger partial charge in [0.25, 0.3) is 0 Å². The first-order chi connectivity index (χ1) is 12.9. The summed E-state index contributed by atoms with van der Waals surface area (Å²) in [6.07, 6.45) is 4.39. The van der Waals surface area contributed by atoms with Crippen LogP contribution in [0.4, 0.5) is 0 Å². The Kier molecular flexibility index (Phi) is 4.33. The molecule has 4 rings (SSSR count). The van der Waals surface area contributed by atoms with Crippen LogP contribution in [0.25, 0.3) is 16.6 Å². The van der Waals surface area contributed by atoms with Crippen LogP contribution in [-0.4, -0.2) is 31.2 Å². The van der Waals surface area contributed by atoms with Gasteiger partial charge in [-0.2, -0.15) is 0 Å². The number of methoxy groups -OCH3 is 1. The van der Waals surface area contributed by atoms with E-state index in [0.717, 1.165) is 16.1 Å². The monoisotopic (exact) mass is 405 g/mol. The number of aromatic nitrogens is 1. The lowest BCUT2D eigenvalue weighted by atomic mass is 10.1. The lowest BCUT2D eigenvalue weighted by molar-refractivity contribution is 0.348. The number of hydrazine groups is 1. The molecule has 9 heteroatoms. The molecule has 0 amide bonds. The number of nitrogens with zero attached hydrogens (tertiary/aromatic N) is 2. The zero-order valence-corrected chi connectivity index (χ0v) is 16.1. The Balaban J connectivity index is 1.86. The molecule has 1 aromatic carbocycles. The quantitative estimate of drug-likeness (QED) is 0.670. The van der Waals surface area contributed by atoms with Crippen molar-refractivity contribution in [3.8, 4) is 5.75 Å². The molecule has 0 saturated heterocycles. The second-order valence-electron chi connectivity index (χ2n) is 6.10. The van der Waals surface area contributed by atoms with Crippen LogP contribution in [0.2, 0.25) is 5.15 Å². The minimum atomic E-state index is -3.59. The fraction of sp³-hybridized carbons (Fsp3) is 0.167. The second kappa shape index (κ2) is 6.56. The van der Waals surface area contributed by atoms with Crippen molar-refractivity contribution in [1.29, 1.82) is 0 Å². The summed E-state index contributed by atoms with van der Waals surface area (Å²) < 4.78 is 36.4. The van der Waals surface area contributed by atoms with Gasteiger partial charge in [0.1, 0.15) is 10.9 Å². The number of sulfonamides is 1. The van der Waals surface area contributed by atoms with Crippen LogP contribution in [-0.2, 0) is 10.0 Å². The second-order valence-corrected chi connectivity index (χ2v) is 8.32. The average Bonchev–Trinajstić information content (AvgIpc) is 3.29. The van der Waals surface area contributed by atoms with Crippen LogP contribution in [0.1, 0.15) is 17.4 Å². The standard InChI is InChI=1S/C18H16ClN3O4S/c1-25-12-5-6-14-11(8-12)9-13(18(19)20-14)16-10-15(17-4-3-7-26-17)21-22(16)27(2,23)24/h3-10,16,21H,1-2H3/t16-/m0/s1. The Morgan fingerprint density at radius 2 is 2.11 bits per heavy atom. The first-order valence-corrected chi connectivity index (χ1v) is 10.3. The molecule has 27 heavy (non-hydrogen) atoms. The third-order valence-electron chi connectivity index (χ3n) is 4.27. The molecule has 3 aromatic rings. The number of furan rings is 1. The fourth-order valence-corrected chi connectivity index (χ4v) is 4.12. The zero-order valence-electron chi connectivity index (χ0n) is 14.5. The topological polar surface area (TPSA) is 84.7 Å². The lowest BCUT2D eigenvalue weighted by Gasteiger charge is -2.23. The third-order valence-corrected chi connectivity index (χ3v) is 5.61. The first-order valence-electron chi connectivity index (χ1n) is 8.03. The predicted molar refractivity (Wildman–Crippen MR) is 103 cm³/mol. The van der Waals surface area contributed by atoms with E-state index in [0.29, 0.717) is 28.3 Å². The Morgan fingerprint density at radius 3 is 2.78 bits per heavy atom. The van der Waals surface area contributed by atoms with Gasteiger partial charge in [0, 0.05) is 10.9 Å². The molecule has 3 heterocycles. The van der Waals surface area contributed by atoms with Gasteiger partial charge in [-0.15, -0.1) is 4.41 Å². The highest BCUT2D eigenvalue weighted by molar-refractivity contribution is 7.88. The maximum Gasteiger partial charge on any atom is 0.228 e. The Hall–Kier alpha value is -2.55. The lowest BCUT2D eigenvalue weighted by Crippen LogP contribution is -2.38. The predicted octanol–water partition coefficient (Wildman–Crippen LogP) is 3.35. The van der Waals surface area contributed by atoms with Crippen LogP contribution in [0.3, 0.4) is 0 Å². The first kappa shape index (κ1) is 17.8.